The summed E-state index contributed by atoms with van der Waals surface area (Å²) in [6.45, 7) is 0.860. The van der Waals surface area contributed by atoms with Crippen molar-refractivity contribution in [3.8, 4) is 0 Å². The third kappa shape index (κ3) is 3.41. The van der Waals surface area contributed by atoms with Crippen molar-refractivity contribution in [1.29, 1.82) is 0 Å². The lowest BCUT2D eigenvalue weighted by Gasteiger charge is -2.11. The first-order valence-corrected chi connectivity index (χ1v) is 9.44. The Labute approximate surface area is 145 Å². The number of hydrogen-bond donors (Lipinski definition) is 1. The van der Waals surface area contributed by atoms with Crippen LogP contribution in [-0.2, 0) is 6.54 Å². The van der Waals surface area contributed by atoms with Gasteiger partial charge in [-0.05, 0) is 35.4 Å². The number of anilines is 1. The van der Waals surface area contributed by atoms with Crippen LogP contribution in [0.2, 0.25) is 0 Å². The maximum absolute atomic E-state index is 3.48. The highest BCUT2D eigenvalue weighted by molar-refractivity contribution is 8.18. The second-order valence-electron chi connectivity index (χ2n) is 5.48. The normalized spacial score (nSPS) is 13.7. The number of thioether (sulfide) groups is 2. The summed E-state index contributed by atoms with van der Waals surface area (Å²) < 4.78 is 0.468. The van der Waals surface area contributed by atoms with E-state index in [1.807, 2.05) is 29.6 Å². The average molecular weight is 335 g/mol. The van der Waals surface area contributed by atoms with E-state index in [4.69, 9.17) is 0 Å². The van der Waals surface area contributed by atoms with Gasteiger partial charge in [0.05, 0.1) is 4.58 Å². The number of rotatable bonds is 4. The van der Waals surface area contributed by atoms with Crippen molar-refractivity contribution in [1.82, 2.24) is 0 Å². The Balaban J connectivity index is 1.41. The zero-order valence-electron chi connectivity index (χ0n) is 12.6. The summed E-state index contributed by atoms with van der Waals surface area (Å²) >= 11 is 3.90. The molecule has 0 spiro atoms. The Kier molecular flexibility index (Phi) is 4.31. The molecule has 1 aliphatic heterocycles. The SMILES string of the molecule is c1ccc(CNc2ccc(C3Sc4ccccc4S3)cc2)cc1. The van der Waals surface area contributed by atoms with Crippen molar-refractivity contribution < 1.29 is 0 Å². The summed E-state index contributed by atoms with van der Waals surface area (Å²) in [4.78, 5) is 2.79. The third-order valence-corrected chi connectivity index (χ3v) is 6.74. The van der Waals surface area contributed by atoms with Gasteiger partial charge >= 0.3 is 0 Å². The molecule has 0 atom stereocenters. The molecule has 0 fully saturated rings. The number of hydrogen-bond acceptors (Lipinski definition) is 3. The van der Waals surface area contributed by atoms with Crippen LogP contribution >= 0.6 is 23.5 Å². The van der Waals surface area contributed by atoms with E-state index in [2.05, 4.69) is 78.1 Å². The minimum absolute atomic E-state index is 0.468. The first-order chi connectivity index (χ1) is 11.4. The van der Waals surface area contributed by atoms with Crippen LogP contribution in [0.3, 0.4) is 0 Å². The third-order valence-electron chi connectivity index (χ3n) is 3.84. The summed E-state index contributed by atoms with van der Waals surface area (Å²) in [6.07, 6.45) is 0. The summed E-state index contributed by atoms with van der Waals surface area (Å²) in [7, 11) is 0. The first kappa shape index (κ1) is 14.7. The molecule has 0 saturated heterocycles. The van der Waals surface area contributed by atoms with E-state index in [1.165, 1.54) is 26.6 Å². The van der Waals surface area contributed by atoms with Crippen molar-refractivity contribution in [3.05, 3.63) is 90.0 Å². The van der Waals surface area contributed by atoms with E-state index in [1.54, 1.807) is 0 Å². The van der Waals surface area contributed by atoms with Gasteiger partial charge in [-0.15, -0.1) is 23.5 Å². The molecule has 3 aromatic carbocycles. The lowest BCUT2D eigenvalue weighted by molar-refractivity contribution is 1.15. The van der Waals surface area contributed by atoms with Crippen LogP contribution in [0.5, 0.6) is 0 Å². The molecule has 0 unspecified atom stereocenters. The number of fused-ring (bicyclic) bond motifs is 1. The summed E-state index contributed by atoms with van der Waals surface area (Å²) in [6, 6.07) is 28.0. The molecule has 0 aliphatic carbocycles. The highest BCUT2D eigenvalue weighted by Gasteiger charge is 2.23. The summed E-state index contributed by atoms with van der Waals surface area (Å²) in [5.74, 6) is 0. The van der Waals surface area contributed by atoms with Gasteiger partial charge in [-0.25, -0.2) is 0 Å². The van der Waals surface area contributed by atoms with Gasteiger partial charge in [-0.2, -0.15) is 0 Å². The molecule has 0 bridgehead atoms. The monoisotopic (exact) mass is 335 g/mol. The maximum atomic E-state index is 3.48. The molecule has 1 heterocycles. The van der Waals surface area contributed by atoms with Crippen molar-refractivity contribution in [2.45, 2.75) is 20.9 Å². The molecule has 3 aromatic rings. The Morgan fingerprint density at radius 3 is 1.96 bits per heavy atom. The Morgan fingerprint density at radius 2 is 1.30 bits per heavy atom. The second kappa shape index (κ2) is 6.73. The zero-order chi connectivity index (χ0) is 15.5. The van der Waals surface area contributed by atoms with Crippen LogP contribution in [0, 0.1) is 0 Å². The minimum Gasteiger partial charge on any atom is -0.381 e. The highest BCUT2D eigenvalue weighted by atomic mass is 32.2. The molecule has 1 aliphatic rings. The van der Waals surface area contributed by atoms with Gasteiger partial charge in [0, 0.05) is 22.0 Å². The van der Waals surface area contributed by atoms with Crippen LogP contribution in [0.1, 0.15) is 15.7 Å². The molecule has 0 saturated carbocycles. The quantitative estimate of drug-likeness (QED) is 0.610. The minimum atomic E-state index is 0.468. The van der Waals surface area contributed by atoms with Crippen LogP contribution in [0.15, 0.2) is 88.7 Å². The van der Waals surface area contributed by atoms with Gasteiger partial charge < -0.3 is 5.32 Å². The second-order valence-corrected chi connectivity index (χ2v) is 8.07. The van der Waals surface area contributed by atoms with Gasteiger partial charge in [0.25, 0.3) is 0 Å². The smallest absolute Gasteiger partial charge is 0.0846 e. The van der Waals surface area contributed by atoms with Crippen molar-refractivity contribution in [2.24, 2.45) is 0 Å². The zero-order valence-corrected chi connectivity index (χ0v) is 14.2. The van der Waals surface area contributed by atoms with E-state index < -0.39 is 0 Å². The Hall–Kier alpha value is -1.84. The molecule has 0 amide bonds. The Bertz CT molecular complexity index is 759. The molecular weight excluding hydrogens is 318 g/mol. The van der Waals surface area contributed by atoms with Gasteiger partial charge in [0.1, 0.15) is 0 Å². The van der Waals surface area contributed by atoms with Crippen molar-refractivity contribution in [2.75, 3.05) is 5.32 Å². The topological polar surface area (TPSA) is 12.0 Å². The van der Waals surface area contributed by atoms with E-state index >= 15 is 0 Å². The fourth-order valence-corrected chi connectivity index (χ4v) is 5.43. The lowest BCUT2D eigenvalue weighted by atomic mass is 10.2. The molecule has 114 valence electrons. The van der Waals surface area contributed by atoms with Gasteiger partial charge in [-0.1, -0.05) is 54.6 Å². The van der Waals surface area contributed by atoms with Gasteiger partial charge in [0.2, 0.25) is 0 Å². The molecule has 1 nitrogen and oxygen atoms in total. The lowest BCUT2D eigenvalue weighted by Crippen LogP contribution is -1.99. The maximum Gasteiger partial charge on any atom is 0.0846 e. The van der Waals surface area contributed by atoms with Crippen LogP contribution < -0.4 is 5.32 Å². The van der Waals surface area contributed by atoms with Crippen LogP contribution in [-0.4, -0.2) is 0 Å². The van der Waals surface area contributed by atoms with Gasteiger partial charge in [-0.3, -0.25) is 0 Å². The molecule has 0 aromatic heterocycles. The van der Waals surface area contributed by atoms with Gasteiger partial charge in [0.15, 0.2) is 0 Å². The van der Waals surface area contributed by atoms with E-state index in [0.29, 0.717) is 4.58 Å². The highest BCUT2D eigenvalue weighted by Crippen LogP contribution is 2.56. The van der Waals surface area contributed by atoms with Crippen LogP contribution in [0.4, 0.5) is 5.69 Å². The molecule has 4 rings (SSSR count). The largest absolute Gasteiger partial charge is 0.381 e. The molecule has 1 N–H and O–H groups in total. The molecule has 0 radical (unpaired) electrons. The predicted octanol–water partition coefficient (Wildman–Crippen LogP) is 6.20. The van der Waals surface area contributed by atoms with E-state index in [9.17, 15) is 0 Å². The fraction of sp³-hybridized carbons (Fsp3) is 0.100. The fourth-order valence-electron chi connectivity index (χ4n) is 2.59. The first-order valence-electron chi connectivity index (χ1n) is 7.68. The summed E-state index contributed by atoms with van der Waals surface area (Å²) in [5, 5.41) is 3.48. The number of nitrogens with one attached hydrogen (secondary N) is 1. The Morgan fingerprint density at radius 1 is 0.696 bits per heavy atom. The standard InChI is InChI=1S/C20H17NS2/c1-2-6-15(7-3-1)14-21-17-12-10-16(11-13-17)20-22-18-8-4-5-9-19(18)23-20/h1-13,20-21H,14H2. The van der Waals surface area contributed by atoms with E-state index in [-0.39, 0.29) is 0 Å². The van der Waals surface area contributed by atoms with Crippen molar-refractivity contribution >= 4 is 29.2 Å². The average Bonchev–Trinajstić information content (AvgIpc) is 3.05. The molecule has 23 heavy (non-hydrogen) atoms. The molecular formula is C20H17NS2. The predicted molar refractivity (Wildman–Crippen MR) is 101 cm³/mol. The van der Waals surface area contributed by atoms with Crippen molar-refractivity contribution in [3.63, 3.8) is 0 Å². The summed E-state index contributed by atoms with van der Waals surface area (Å²) in [5.41, 5.74) is 3.85. The van der Waals surface area contributed by atoms with E-state index in [0.717, 1.165) is 6.54 Å². The number of benzene rings is 3. The van der Waals surface area contributed by atoms with Crippen LogP contribution in [0.25, 0.3) is 0 Å². The molecule has 3 heteroatoms.